The van der Waals surface area contributed by atoms with Gasteiger partial charge < -0.3 is 15.8 Å². The quantitative estimate of drug-likeness (QED) is 0.124. The van der Waals surface area contributed by atoms with E-state index in [2.05, 4.69) is 72.2 Å². The number of likely N-dealkylation sites (N-methyl/N-ethyl adjacent to an activating group) is 1. The molecule has 0 saturated heterocycles. The molecule has 4 aromatic rings. The third-order valence-electron chi connectivity index (χ3n) is 7.62. The van der Waals surface area contributed by atoms with Crippen molar-refractivity contribution in [1.29, 1.82) is 0 Å². The van der Waals surface area contributed by atoms with Crippen LogP contribution in [0.25, 0.3) is 22.2 Å². The van der Waals surface area contributed by atoms with Crippen molar-refractivity contribution in [2.75, 3.05) is 20.6 Å². The van der Waals surface area contributed by atoms with Crippen LogP contribution < -0.4 is 11.1 Å². The van der Waals surface area contributed by atoms with Crippen molar-refractivity contribution in [3.8, 4) is 36.4 Å². The second-order valence-corrected chi connectivity index (χ2v) is 11.6. The summed E-state index contributed by atoms with van der Waals surface area (Å²) >= 11 is 6.03. The van der Waals surface area contributed by atoms with Crippen molar-refractivity contribution in [2.45, 2.75) is 65.0 Å². The Labute approximate surface area is 290 Å². The smallest absolute Gasteiger partial charge is 0.333 e. The van der Waals surface area contributed by atoms with Crippen molar-refractivity contribution in [3.63, 3.8) is 0 Å². The minimum Gasteiger partial charge on any atom is -0.333 e. The van der Waals surface area contributed by atoms with Crippen LogP contribution >= 0.6 is 11.6 Å². The van der Waals surface area contributed by atoms with Crippen LogP contribution in [-0.2, 0) is 16.6 Å². The number of pyridine rings is 2. The number of alkyl halides is 3. The lowest BCUT2D eigenvalue weighted by atomic mass is 9.83. The lowest BCUT2D eigenvalue weighted by Crippen LogP contribution is -2.33. The number of aryl methyl sites for hydroxylation is 3. The molecule has 49 heavy (non-hydrogen) atoms. The van der Waals surface area contributed by atoms with Crippen LogP contribution in [0.2, 0.25) is 5.02 Å². The van der Waals surface area contributed by atoms with Gasteiger partial charge in [-0.05, 0) is 109 Å². The molecule has 5 rings (SSSR count). The average molecular weight is 701 g/mol. The fourth-order valence-electron chi connectivity index (χ4n) is 5.45. The van der Waals surface area contributed by atoms with Crippen LogP contribution in [0.4, 0.5) is 22.0 Å². The minimum absolute atomic E-state index is 0.0443. The molecule has 11 heteroatoms. The van der Waals surface area contributed by atoms with Gasteiger partial charge >= 0.3 is 6.18 Å². The third kappa shape index (κ3) is 10.3. The first-order valence-corrected chi connectivity index (χ1v) is 15.5. The Bertz CT molecular complexity index is 1780. The number of nitrogens with two attached hydrogens (primary N) is 1. The molecule has 0 radical (unpaired) electrons. The highest BCUT2D eigenvalue weighted by atomic mass is 35.5. The topological polar surface area (TPSA) is 80.9 Å². The number of hydrogen-bond acceptors (Lipinski definition) is 5. The fraction of sp³-hybridized carbons (Fsp3) is 0.342. The Hall–Kier alpha value is -4.35. The predicted molar refractivity (Wildman–Crippen MR) is 190 cm³/mol. The molecular formula is C38H42ClF5N4O. The van der Waals surface area contributed by atoms with Crippen molar-refractivity contribution in [1.82, 2.24) is 15.3 Å². The van der Waals surface area contributed by atoms with Crippen molar-refractivity contribution < 1.29 is 26.7 Å². The molecular weight excluding hydrogens is 659 g/mol. The highest BCUT2D eigenvalue weighted by Gasteiger charge is 2.47. The van der Waals surface area contributed by atoms with E-state index in [1.165, 1.54) is 44.3 Å². The molecule has 1 aliphatic rings. The number of nitrogens with one attached hydrogen (secondary N) is 1. The first-order chi connectivity index (χ1) is 23.1. The zero-order valence-corrected chi connectivity index (χ0v) is 29.5. The number of halogens is 6. The number of terminal acetylenes is 2. The molecule has 5 nitrogen and oxygen atoms in total. The van der Waals surface area contributed by atoms with Crippen LogP contribution in [-0.4, -0.2) is 43.1 Å². The standard InChI is InChI=1S/C20H19F5N2O.C12H12ClN.C3H4.C2H2.CH5N/c1-19(10-28)8-7-13-15(19)16(22)18(14(9-26-2)20(23,24)25)27-17(13)11-3-5-12(21)6-4-11;1-7-4-8(2)12-10(5-7)6-11(13)9(3)14-12;1-3-2;2*1-2/h3-6,10,14,26H,7-9H2,1-2H3;4-6H,1-3H3;1H,2H3;1-2H;2H2,1H3. The summed E-state index contributed by atoms with van der Waals surface area (Å²) in [6.07, 6.45) is 9.00. The molecule has 0 saturated carbocycles. The number of nitrogens with zero attached hydrogens (tertiary/aromatic N) is 2. The van der Waals surface area contributed by atoms with E-state index in [1.54, 1.807) is 6.92 Å². The van der Waals surface area contributed by atoms with E-state index in [0.717, 1.165) is 33.8 Å². The largest absolute Gasteiger partial charge is 0.398 e. The normalized spacial score (nSPS) is 14.9. The highest BCUT2D eigenvalue weighted by molar-refractivity contribution is 6.31. The predicted octanol–water partition coefficient (Wildman–Crippen LogP) is 8.57. The molecule has 0 fully saturated rings. The van der Waals surface area contributed by atoms with Crippen LogP contribution in [0.15, 0.2) is 42.5 Å². The Morgan fingerprint density at radius 1 is 1.08 bits per heavy atom. The summed E-state index contributed by atoms with van der Waals surface area (Å²) in [6, 6.07) is 11.3. The summed E-state index contributed by atoms with van der Waals surface area (Å²) in [5.41, 5.74) is 7.79. The lowest BCUT2D eigenvalue weighted by molar-refractivity contribution is -0.150. The third-order valence-corrected chi connectivity index (χ3v) is 8.01. The summed E-state index contributed by atoms with van der Waals surface area (Å²) < 4.78 is 69.5. The Balaban J connectivity index is 0.000000476. The maximum absolute atomic E-state index is 15.3. The van der Waals surface area contributed by atoms with Gasteiger partial charge in [-0.2, -0.15) is 13.2 Å². The molecule has 2 aromatic heterocycles. The van der Waals surface area contributed by atoms with Gasteiger partial charge in [-0.1, -0.05) is 23.2 Å². The monoisotopic (exact) mass is 700 g/mol. The van der Waals surface area contributed by atoms with Crippen LogP contribution in [0, 0.1) is 57.6 Å². The molecule has 0 spiro atoms. The number of benzene rings is 2. The minimum atomic E-state index is -4.73. The number of carbonyl (C=O) groups excluding carboxylic acids is 1. The van der Waals surface area contributed by atoms with Gasteiger partial charge in [-0.25, -0.2) is 13.8 Å². The van der Waals surface area contributed by atoms with E-state index in [1.807, 2.05) is 13.0 Å². The van der Waals surface area contributed by atoms with Crippen molar-refractivity contribution in [2.24, 2.45) is 5.73 Å². The number of hydrogen-bond donors (Lipinski definition) is 2. The Kier molecular flexibility index (Phi) is 16.5. The molecule has 2 unspecified atom stereocenters. The summed E-state index contributed by atoms with van der Waals surface area (Å²) in [5, 5.41) is 4.29. The number of rotatable bonds is 5. The van der Waals surface area contributed by atoms with Gasteiger partial charge in [0.2, 0.25) is 0 Å². The maximum atomic E-state index is 15.3. The molecule has 2 aromatic carbocycles. The maximum Gasteiger partial charge on any atom is 0.398 e. The number of aromatic nitrogens is 2. The summed E-state index contributed by atoms with van der Waals surface area (Å²) in [7, 11) is 2.83. The second kappa shape index (κ2) is 19.0. The van der Waals surface area contributed by atoms with E-state index in [4.69, 9.17) is 11.6 Å². The van der Waals surface area contributed by atoms with Gasteiger partial charge in [0.05, 0.1) is 33.0 Å². The molecule has 2 atom stereocenters. The first-order valence-electron chi connectivity index (χ1n) is 15.1. The zero-order valence-electron chi connectivity index (χ0n) is 28.7. The molecule has 2 heterocycles. The van der Waals surface area contributed by atoms with Crippen LogP contribution in [0.5, 0.6) is 0 Å². The first kappa shape index (κ1) is 42.7. The molecule has 1 aliphatic carbocycles. The summed E-state index contributed by atoms with van der Waals surface area (Å²) in [5.74, 6) is -1.53. The number of aldehydes is 1. The molecule has 0 aliphatic heterocycles. The second-order valence-electron chi connectivity index (χ2n) is 11.2. The van der Waals surface area contributed by atoms with Gasteiger partial charge in [-0.15, -0.1) is 25.2 Å². The molecule has 3 N–H and O–H groups in total. The molecule has 0 bridgehead atoms. The van der Waals surface area contributed by atoms with Crippen molar-refractivity contribution >= 4 is 28.8 Å². The van der Waals surface area contributed by atoms with E-state index in [-0.39, 0.29) is 17.7 Å². The molecule has 0 amide bonds. The SMILES string of the molecule is C#C.C#CC.CN.CNCC(c1nc(-c2ccc(F)cc2)c2c(c1F)C(C)(C=O)CC2)C(F)(F)F.Cc1cc(C)c2nc(C)c(Cl)cc2c1. The van der Waals surface area contributed by atoms with Gasteiger partial charge in [0.15, 0.2) is 0 Å². The number of fused-ring (bicyclic) bond motifs is 2. The fourth-order valence-corrected chi connectivity index (χ4v) is 5.61. The van der Waals surface area contributed by atoms with E-state index >= 15 is 4.39 Å². The molecule has 262 valence electrons. The Morgan fingerprint density at radius 2 is 1.65 bits per heavy atom. The van der Waals surface area contributed by atoms with E-state index in [0.29, 0.717) is 23.8 Å². The highest BCUT2D eigenvalue weighted by Crippen LogP contribution is 2.46. The average Bonchev–Trinajstić information content (AvgIpc) is 3.42. The van der Waals surface area contributed by atoms with Gasteiger partial charge in [-0.3, -0.25) is 4.98 Å². The summed E-state index contributed by atoms with van der Waals surface area (Å²) in [4.78, 5) is 20.2. The zero-order chi connectivity index (χ0) is 37.7. The van der Waals surface area contributed by atoms with Gasteiger partial charge in [0.1, 0.15) is 23.8 Å². The number of carbonyl (C=O) groups is 1. The van der Waals surface area contributed by atoms with Gasteiger partial charge in [0, 0.05) is 23.1 Å². The van der Waals surface area contributed by atoms with Gasteiger partial charge in [0.25, 0.3) is 0 Å². The van der Waals surface area contributed by atoms with E-state index < -0.39 is 41.4 Å². The van der Waals surface area contributed by atoms with Crippen LogP contribution in [0.3, 0.4) is 0 Å². The lowest BCUT2D eigenvalue weighted by Gasteiger charge is -2.25. The van der Waals surface area contributed by atoms with Crippen molar-refractivity contribution in [3.05, 3.63) is 92.8 Å². The van der Waals surface area contributed by atoms with Crippen LogP contribution in [0.1, 0.15) is 59.8 Å². The summed E-state index contributed by atoms with van der Waals surface area (Å²) in [6.45, 7) is 8.69. The Morgan fingerprint density at radius 3 is 2.16 bits per heavy atom. The van der Waals surface area contributed by atoms with E-state index in [9.17, 15) is 22.4 Å².